The summed E-state index contributed by atoms with van der Waals surface area (Å²) in [5.74, 6) is 3.30. The molecule has 0 aliphatic heterocycles. The van der Waals surface area contributed by atoms with Crippen molar-refractivity contribution in [3.63, 3.8) is 0 Å². The molecule has 6 atom stereocenters. The third kappa shape index (κ3) is 5.17. The first-order chi connectivity index (χ1) is 15.2. The Labute approximate surface area is 197 Å². The Kier molecular flexibility index (Phi) is 8.66. The fourth-order valence-electron chi connectivity index (χ4n) is 7.26. The largest absolute Gasteiger partial charge is 0.396 e. The first-order valence-corrected chi connectivity index (χ1v) is 13.1. The van der Waals surface area contributed by atoms with Gasteiger partial charge in [-0.25, -0.2) is 0 Å². The second kappa shape index (κ2) is 10.9. The molecule has 2 heteroatoms. The number of ether oxygens (including phenoxy) is 1. The lowest BCUT2D eigenvalue weighted by atomic mass is 9.60. The maximum Gasteiger partial charge on any atom is 0.103 e. The van der Waals surface area contributed by atoms with Gasteiger partial charge in [-0.1, -0.05) is 77.8 Å². The zero-order chi connectivity index (χ0) is 23.5. The molecule has 0 heterocycles. The van der Waals surface area contributed by atoms with Gasteiger partial charge in [0.05, 0.1) is 6.61 Å². The molecule has 0 radical (unpaired) electrons. The highest BCUT2D eigenvalue weighted by molar-refractivity contribution is 5.45. The lowest BCUT2D eigenvalue weighted by molar-refractivity contribution is 0.0929. The van der Waals surface area contributed by atoms with Crippen molar-refractivity contribution in [1.82, 2.24) is 0 Å². The van der Waals surface area contributed by atoms with Crippen LogP contribution >= 0.6 is 0 Å². The van der Waals surface area contributed by atoms with Crippen LogP contribution in [0.25, 0.3) is 0 Å². The van der Waals surface area contributed by atoms with Crippen LogP contribution in [0.1, 0.15) is 85.5 Å². The molecular formula is C30H48O2. The van der Waals surface area contributed by atoms with Gasteiger partial charge in [0.2, 0.25) is 0 Å². The Morgan fingerprint density at radius 1 is 1.16 bits per heavy atom. The van der Waals surface area contributed by atoms with Crippen molar-refractivity contribution in [3.05, 3.63) is 47.6 Å². The third-order valence-electron chi connectivity index (χ3n) is 9.18. The van der Waals surface area contributed by atoms with Crippen molar-refractivity contribution >= 4 is 0 Å². The van der Waals surface area contributed by atoms with Gasteiger partial charge in [-0.15, -0.1) is 0 Å². The number of hydrogen-bond donors (Lipinski definition) is 1. The summed E-state index contributed by atoms with van der Waals surface area (Å²) in [4.78, 5) is 0. The molecule has 3 aliphatic rings. The summed E-state index contributed by atoms with van der Waals surface area (Å²) >= 11 is 0. The SMILES string of the molecule is C=C1/C(=C\C=C2/CCC[C@]3(C)[C@@H]([C@@H](C)CCCC(C)C)CC[C@@H]23)C[C@@H](CO)C(=C)[C@@H]1OC. The van der Waals surface area contributed by atoms with Crippen molar-refractivity contribution in [3.8, 4) is 0 Å². The topological polar surface area (TPSA) is 29.5 Å². The minimum Gasteiger partial charge on any atom is -0.396 e. The van der Waals surface area contributed by atoms with Gasteiger partial charge in [0, 0.05) is 13.0 Å². The molecule has 0 spiro atoms. The Balaban J connectivity index is 1.75. The maximum atomic E-state index is 9.84. The summed E-state index contributed by atoms with van der Waals surface area (Å²) in [5.41, 5.74) is 5.30. The molecule has 0 unspecified atom stereocenters. The van der Waals surface area contributed by atoms with E-state index in [1.807, 2.05) is 0 Å². The van der Waals surface area contributed by atoms with E-state index < -0.39 is 0 Å². The van der Waals surface area contributed by atoms with Gasteiger partial charge in [-0.05, 0) is 84.3 Å². The van der Waals surface area contributed by atoms with Crippen LogP contribution in [-0.2, 0) is 4.74 Å². The van der Waals surface area contributed by atoms with Gasteiger partial charge in [-0.3, -0.25) is 0 Å². The second-order valence-corrected chi connectivity index (χ2v) is 11.6. The summed E-state index contributed by atoms with van der Waals surface area (Å²) in [6, 6.07) is 0. The van der Waals surface area contributed by atoms with E-state index in [-0.39, 0.29) is 18.6 Å². The van der Waals surface area contributed by atoms with E-state index in [0.717, 1.165) is 41.2 Å². The number of allylic oxidation sites excluding steroid dienone is 3. The maximum absolute atomic E-state index is 9.84. The lowest BCUT2D eigenvalue weighted by Crippen LogP contribution is -2.36. The molecule has 2 nitrogen and oxygen atoms in total. The van der Waals surface area contributed by atoms with Crippen molar-refractivity contribution in [2.45, 2.75) is 91.6 Å². The standard InChI is InChI=1S/C30H48O2/c1-20(2)10-8-11-21(3)27-15-16-28-24(12-9-17-30(27,28)6)13-14-25-18-26(19-31)23(5)29(32-7)22(25)4/h13-14,20-21,26-29,31H,4-5,8-12,15-19H2,1-3,6-7H3/b24-13+,25-14-/t21-,26-,27+,28-,29+,30+/m0/s1. The molecule has 3 aliphatic carbocycles. The highest BCUT2D eigenvalue weighted by Gasteiger charge is 2.50. The molecule has 0 aromatic rings. The summed E-state index contributed by atoms with van der Waals surface area (Å²) in [7, 11) is 1.71. The molecule has 0 saturated heterocycles. The van der Waals surface area contributed by atoms with Crippen LogP contribution in [0.15, 0.2) is 47.6 Å². The van der Waals surface area contributed by atoms with Crippen molar-refractivity contribution in [2.75, 3.05) is 13.7 Å². The summed E-state index contributed by atoms with van der Waals surface area (Å²) in [6.07, 6.45) is 16.2. The van der Waals surface area contributed by atoms with Crippen LogP contribution in [0.2, 0.25) is 0 Å². The van der Waals surface area contributed by atoms with E-state index in [9.17, 15) is 5.11 Å². The Morgan fingerprint density at radius 2 is 1.91 bits per heavy atom. The number of hydrogen-bond acceptors (Lipinski definition) is 2. The summed E-state index contributed by atoms with van der Waals surface area (Å²) in [6.45, 7) is 18.4. The minimum atomic E-state index is -0.176. The van der Waals surface area contributed by atoms with Gasteiger partial charge >= 0.3 is 0 Å². The predicted octanol–water partition coefficient (Wildman–Crippen LogP) is 7.66. The van der Waals surface area contributed by atoms with E-state index in [2.05, 4.69) is 53.0 Å². The monoisotopic (exact) mass is 440 g/mol. The van der Waals surface area contributed by atoms with Crippen LogP contribution in [0.4, 0.5) is 0 Å². The Hall–Kier alpha value is -1.12. The van der Waals surface area contributed by atoms with Gasteiger partial charge in [0.1, 0.15) is 6.10 Å². The molecule has 32 heavy (non-hydrogen) atoms. The first kappa shape index (κ1) is 25.5. The smallest absolute Gasteiger partial charge is 0.103 e. The number of rotatable bonds is 8. The normalized spacial score (nSPS) is 36.8. The minimum absolute atomic E-state index is 0.0641. The van der Waals surface area contributed by atoms with Crippen molar-refractivity contribution in [2.24, 2.45) is 35.0 Å². The Bertz CT molecular complexity index is 742. The van der Waals surface area contributed by atoms with Crippen LogP contribution in [0.5, 0.6) is 0 Å². The predicted molar refractivity (Wildman–Crippen MR) is 136 cm³/mol. The highest BCUT2D eigenvalue weighted by atomic mass is 16.5. The summed E-state index contributed by atoms with van der Waals surface area (Å²) < 4.78 is 5.67. The molecule has 3 rings (SSSR count). The fraction of sp³-hybridized carbons (Fsp3) is 0.733. The molecule has 180 valence electrons. The van der Waals surface area contributed by atoms with Crippen LogP contribution < -0.4 is 0 Å². The molecule has 0 aromatic carbocycles. The molecule has 3 saturated carbocycles. The zero-order valence-corrected chi connectivity index (χ0v) is 21.5. The first-order valence-electron chi connectivity index (χ1n) is 13.1. The van der Waals surface area contributed by atoms with E-state index in [1.165, 1.54) is 56.9 Å². The number of aliphatic hydroxyl groups excluding tert-OH is 1. The quantitative estimate of drug-likeness (QED) is 0.393. The van der Waals surface area contributed by atoms with E-state index in [1.54, 1.807) is 12.7 Å². The number of methoxy groups -OCH3 is 1. The average Bonchev–Trinajstić information content (AvgIpc) is 3.11. The lowest BCUT2D eigenvalue weighted by Gasteiger charge is -2.44. The molecule has 0 amide bonds. The molecule has 1 N–H and O–H groups in total. The number of aliphatic hydroxyl groups is 1. The van der Waals surface area contributed by atoms with Crippen molar-refractivity contribution in [1.29, 1.82) is 0 Å². The summed E-state index contributed by atoms with van der Waals surface area (Å²) in [5, 5.41) is 9.84. The number of fused-ring (bicyclic) bond motifs is 1. The van der Waals surface area contributed by atoms with E-state index in [0.29, 0.717) is 5.41 Å². The van der Waals surface area contributed by atoms with Crippen molar-refractivity contribution < 1.29 is 9.84 Å². The average molecular weight is 441 g/mol. The van der Waals surface area contributed by atoms with Gasteiger partial charge in [0.15, 0.2) is 0 Å². The van der Waals surface area contributed by atoms with Gasteiger partial charge in [-0.2, -0.15) is 0 Å². The molecule has 3 fully saturated rings. The van der Waals surface area contributed by atoms with Crippen LogP contribution in [-0.4, -0.2) is 24.9 Å². The van der Waals surface area contributed by atoms with Gasteiger partial charge in [0.25, 0.3) is 0 Å². The zero-order valence-electron chi connectivity index (χ0n) is 21.5. The van der Waals surface area contributed by atoms with Crippen LogP contribution in [0, 0.1) is 35.0 Å². The molecule has 0 aromatic heterocycles. The second-order valence-electron chi connectivity index (χ2n) is 11.6. The molecule has 0 bridgehead atoms. The van der Waals surface area contributed by atoms with E-state index in [4.69, 9.17) is 4.74 Å². The van der Waals surface area contributed by atoms with E-state index >= 15 is 0 Å². The van der Waals surface area contributed by atoms with Gasteiger partial charge < -0.3 is 9.84 Å². The fourth-order valence-corrected chi connectivity index (χ4v) is 7.26. The Morgan fingerprint density at radius 3 is 2.56 bits per heavy atom. The third-order valence-corrected chi connectivity index (χ3v) is 9.18. The van der Waals surface area contributed by atoms with Crippen LogP contribution in [0.3, 0.4) is 0 Å². The highest BCUT2D eigenvalue weighted by Crippen LogP contribution is 2.60. The molecular weight excluding hydrogens is 392 g/mol.